The lowest BCUT2D eigenvalue weighted by atomic mass is 9.99. The molecule has 0 aliphatic carbocycles. The van der Waals surface area contributed by atoms with Crippen LogP contribution >= 0.6 is 11.6 Å². The highest BCUT2D eigenvalue weighted by molar-refractivity contribution is 6.31. The molecule has 0 heterocycles. The summed E-state index contributed by atoms with van der Waals surface area (Å²) in [7, 11) is 1.65. The van der Waals surface area contributed by atoms with Crippen LogP contribution in [0, 0.1) is 6.92 Å². The fourth-order valence-electron chi connectivity index (χ4n) is 1.82. The largest absolute Gasteiger partial charge is 0.496 e. The van der Waals surface area contributed by atoms with Crippen molar-refractivity contribution in [2.24, 2.45) is 0 Å². The second-order valence-corrected chi connectivity index (χ2v) is 4.36. The van der Waals surface area contributed by atoms with Crippen molar-refractivity contribution in [1.29, 1.82) is 0 Å². The molecule has 0 saturated heterocycles. The lowest BCUT2D eigenvalue weighted by molar-refractivity contribution is 0.416. The molecule has 0 atom stereocenters. The molecule has 0 unspecified atom stereocenters. The third-order valence-electron chi connectivity index (χ3n) is 2.71. The Balaban J connectivity index is 2.66. The van der Waals surface area contributed by atoms with Gasteiger partial charge in [0, 0.05) is 16.3 Å². The molecule has 0 saturated carbocycles. The van der Waals surface area contributed by atoms with E-state index in [2.05, 4.69) is 0 Å². The molecule has 0 radical (unpaired) electrons. The number of methoxy groups -OCH3 is 1. The van der Waals surface area contributed by atoms with E-state index >= 15 is 0 Å². The van der Waals surface area contributed by atoms with Crippen LogP contribution in [-0.2, 0) is 0 Å². The Kier molecular flexibility index (Phi) is 3.25. The molecule has 0 aromatic heterocycles. The zero-order valence-electron chi connectivity index (χ0n) is 9.83. The van der Waals surface area contributed by atoms with Crippen LogP contribution in [0.2, 0.25) is 5.02 Å². The van der Waals surface area contributed by atoms with Gasteiger partial charge in [0.15, 0.2) is 0 Å². The number of rotatable bonds is 2. The minimum Gasteiger partial charge on any atom is -0.496 e. The van der Waals surface area contributed by atoms with Gasteiger partial charge in [-0.25, -0.2) is 0 Å². The van der Waals surface area contributed by atoms with Gasteiger partial charge in [-0.05, 0) is 48.4 Å². The molecule has 2 nitrogen and oxygen atoms in total. The maximum atomic E-state index is 6.03. The Morgan fingerprint density at radius 2 is 1.82 bits per heavy atom. The second-order valence-electron chi connectivity index (χ2n) is 3.92. The Hall–Kier alpha value is -1.67. The second kappa shape index (κ2) is 4.68. The highest BCUT2D eigenvalue weighted by atomic mass is 35.5. The van der Waals surface area contributed by atoms with Crippen molar-refractivity contribution < 1.29 is 4.74 Å². The van der Waals surface area contributed by atoms with Crippen molar-refractivity contribution in [3.8, 4) is 16.9 Å². The van der Waals surface area contributed by atoms with Gasteiger partial charge < -0.3 is 10.5 Å². The van der Waals surface area contributed by atoms with Gasteiger partial charge in [0.2, 0.25) is 0 Å². The summed E-state index contributed by atoms with van der Waals surface area (Å²) in [5.74, 6) is 0.795. The van der Waals surface area contributed by atoms with Crippen LogP contribution < -0.4 is 10.5 Å². The van der Waals surface area contributed by atoms with Crippen molar-refractivity contribution in [2.45, 2.75) is 6.92 Å². The average molecular weight is 248 g/mol. The van der Waals surface area contributed by atoms with E-state index in [1.165, 1.54) is 0 Å². The Bertz CT molecular complexity index is 552. The van der Waals surface area contributed by atoms with Crippen LogP contribution in [0.3, 0.4) is 0 Å². The lowest BCUT2D eigenvalue weighted by Gasteiger charge is -2.12. The maximum Gasteiger partial charge on any atom is 0.126 e. The molecule has 0 aliphatic rings. The van der Waals surface area contributed by atoms with Crippen LogP contribution in [0.1, 0.15) is 5.56 Å². The molecule has 88 valence electrons. The molecule has 3 heteroatoms. The molecule has 0 amide bonds. The van der Waals surface area contributed by atoms with Crippen LogP contribution in [-0.4, -0.2) is 7.11 Å². The molecule has 2 rings (SSSR count). The number of benzene rings is 2. The van der Waals surface area contributed by atoms with Crippen molar-refractivity contribution in [2.75, 3.05) is 12.8 Å². The van der Waals surface area contributed by atoms with Gasteiger partial charge in [0.1, 0.15) is 5.75 Å². The summed E-state index contributed by atoms with van der Waals surface area (Å²) in [5, 5.41) is 0.683. The average Bonchev–Trinajstić information content (AvgIpc) is 2.32. The van der Waals surface area contributed by atoms with Crippen molar-refractivity contribution in [3.63, 3.8) is 0 Å². The number of hydrogen-bond donors (Lipinski definition) is 1. The van der Waals surface area contributed by atoms with E-state index in [0.29, 0.717) is 5.02 Å². The highest BCUT2D eigenvalue weighted by Gasteiger charge is 2.09. The molecule has 0 aliphatic heterocycles. The summed E-state index contributed by atoms with van der Waals surface area (Å²) >= 11 is 6.03. The van der Waals surface area contributed by atoms with Crippen LogP contribution in [0.5, 0.6) is 5.75 Å². The number of anilines is 1. The lowest BCUT2D eigenvalue weighted by Crippen LogP contribution is -1.92. The Morgan fingerprint density at radius 1 is 1.06 bits per heavy atom. The summed E-state index contributed by atoms with van der Waals surface area (Å²) in [4.78, 5) is 0. The number of nitrogens with two attached hydrogens (primary N) is 1. The zero-order valence-corrected chi connectivity index (χ0v) is 10.6. The monoisotopic (exact) mass is 247 g/mol. The minimum absolute atomic E-state index is 0.683. The number of nitrogen functional groups attached to an aromatic ring is 1. The van der Waals surface area contributed by atoms with E-state index in [1.54, 1.807) is 7.11 Å². The maximum absolute atomic E-state index is 6.03. The predicted octanol–water partition coefficient (Wildman–Crippen LogP) is 3.91. The van der Waals surface area contributed by atoms with E-state index in [-0.39, 0.29) is 0 Å². The van der Waals surface area contributed by atoms with E-state index in [0.717, 1.165) is 28.1 Å². The van der Waals surface area contributed by atoms with Gasteiger partial charge in [-0.3, -0.25) is 0 Å². The quantitative estimate of drug-likeness (QED) is 0.817. The predicted molar refractivity (Wildman–Crippen MR) is 72.6 cm³/mol. The van der Waals surface area contributed by atoms with E-state index in [1.807, 2.05) is 43.3 Å². The summed E-state index contributed by atoms with van der Waals surface area (Å²) in [6.07, 6.45) is 0. The summed E-state index contributed by atoms with van der Waals surface area (Å²) in [6.45, 7) is 2.04. The number of halogens is 1. The van der Waals surface area contributed by atoms with Crippen molar-refractivity contribution in [3.05, 3.63) is 47.0 Å². The van der Waals surface area contributed by atoms with E-state index < -0.39 is 0 Å². The fraction of sp³-hybridized carbons (Fsp3) is 0.143. The standard InChI is InChI=1S/C14H14ClNO/c1-9-3-5-11(16)8-12(9)13-7-10(15)4-6-14(13)17-2/h3-8H,16H2,1-2H3. The number of aryl methyl sites for hydroxylation is 1. The number of hydrogen-bond acceptors (Lipinski definition) is 2. The SMILES string of the molecule is COc1ccc(Cl)cc1-c1cc(N)ccc1C. The number of ether oxygens (including phenoxy) is 1. The van der Waals surface area contributed by atoms with Gasteiger partial charge in [0.25, 0.3) is 0 Å². The third kappa shape index (κ3) is 2.37. The first-order chi connectivity index (χ1) is 8.11. The Labute approximate surface area is 106 Å². The van der Waals surface area contributed by atoms with E-state index in [4.69, 9.17) is 22.1 Å². The summed E-state index contributed by atoms with van der Waals surface area (Å²) in [6, 6.07) is 11.4. The first-order valence-electron chi connectivity index (χ1n) is 5.32. The summed E-state index contributed by atoms with van der Waals surface area (Å²) in [5.41, 5.74) is 9.70. The van der Waals surface area contributed by atoms with Gasteiger partial charge in [0.05, 0.1) is 7.11 Å². The minimum atomic E-state index is 0.683. The topological polar surface area (TPSA) is 35.2 Å². The van der Waals surface area contributed by atoms with Crippen LogP contribution in [0.15, 0.2) is 36.4 Å². The molecular formula is C14H14ClNO. The van der Waals surface area contributed by atoms with Crippen LogP contribution in [0.4, 0.5) is 5.69 Å². The van der Waals surface area contributed by atoms with Crippen molar-refractivity contribution in [1.82, 2.24) is 0 Å². The van der Waals surface area contributed by atoms with Gasteiger partial charge in [-0.15, -0.1) is 0 Å². The molecular weight excluding hydrogens is 234 g/mol. The van der Waals surface area contributed by atoms with Gasteiger partial charge >= 0.3 is 0 Å². The first kappa shape index (κ1) is 11.8. The third-order valence-corrected chi connectivity index (χ3v) is 2.95. The molecule has 17 heavy (non-hydrogen) atoms. The Morgan fingerprint density at radius 3 is 2.53 bits per heavy atom. The molecule has 0 bridgehead atoms. The fourth-order valence-corrected chi connectivity index (χ4v) is 1.99. The molecule has 2 N–H and O–H groups in total. The zero-order chi connectivity index (χ0) is 12.4. The molecule has 0 fully saturated rings. The first-order valence-corrected chi connectivity index (χ1v) is 5.69. The van der Waals surface area contributed by atoms with Crippen molar-refractivity contribution >= 4 is 17.3 Å². The normalized spacial score (nSPS) is 10.3. The highest BCUT2D eigenvalue weighted by Crippen LogP contribution is 2.35. The van der Waals surface area contributed by atoms with E-state index in [9.17, 15) is 0 Å². The van der Waals surface area contributed by atoms with Gasteiger partial charge in [-0.1, -0.05) is 17.7 Å². The molecule has 2 aromatic rings. The molecule has 0 spiro atoms. The summed E-state index contributed by atoms with van der Waals surface area (Å²) < 4.78 is 5.35. The van der Waals surface area contributed by atoms with Crippen LogP contribution in [0.25, 0.3) is 11.1 Å². The smallest absolute Gasteiger partial charge is 0.126 e. The van der Waals surface area contributed by atoms with Gasteiger partial charge in [-0.2, -0.15) is 0 Å². The molecule has 2 aromatic carbocycles.